The maximum absolute atomic E-state index is 13.2. The monoisotopic (exact) mass is 419 g/mol. The summed E-state index contributed by atoms with van der Waals surface area (Å²) < 4.78 is 5.35. The van der Waals surface area contributed by atoms with Gasteiger partial charge < -0.3 is 9.64 Å². The largest absolute Gasteiger partial charge is 0.497 e. The van der Waals surface area contributed by atoms with Gasteiger partial charge in [0.15, 0.2) is 0 Å². The van der Waals surface area contributed by atoms with Crippen molar-refractivity contribution in [2.75, 3.05) is 20.7 Å². The Hall–Kier alpha value is -3.15. The predicted molar refractivity (Wildman–Crippen MR) is 120 cm³/mol. The van der Waals surface area contributed by atoms with E-state index in [2.05, 4.69) is 0 Å². The van der Waals surface area contributed by atoms with Gasteiger partial charge in [0.05, 0.1) is 18.9 Å². The summed E-state index contributed by atoms with van der Waals surface area (Å²) in [5.41, 5.74) is 3.98. The molecule has 2 aliphatic rings. The molecular weight excluding hydrogens is 390 g/mol. The molecule has 4 rings (SSSR count). The molecule has 6 heteroatoms. The van der Waals surface area contributed by atoms with Gasteiger partial charge in [0, 0.05) is 24.9 Å². The van der Waals surface area contributed by atoms with Crippen LogP contribution in [0.1, 0.15) is 48.4 Å². The highest BCUT2D eigenvalue weighted by Gasteiger charge is 2.35. The molecule has 1 saturated carbocycles. The van der Waals surface area contributed by atoms with Gasteiger partial charge in [-0.3, -0.25) is 9.59 Å². The lowest BCUT2D eigenvalue weighted by molar-refractivity contribution is -0.144. The normalized spacial score (nSPS) is 18.4. The van der Waals surface area contributed by atoms with Gasteiger partial charge in [0.1, 0.15) is 12.3 Å². The van der Waals surface area contributed by atoms with E-state index in [1.54, 1.807) is 24.1 Å². The summed E-state index contributed by atoms with van der Waals surface area (Å²) in [7, 11) is 3.34. The average Bonchev–Trinajstić information content (AvgIpc) is 3.18. The number of amides is 2. The van der Waals surface area contributed by atoms with E-state index in [9.17, 15) is 9.59 Å². The first-order valence-corrected chi connectivity index (χ1v) is 10.8. The molecule has 1 aliphatic carbocycles. The first-order valence-electron chi connectivity index (χ1n) is 10.8. The van der Waals surface area contributed by atoms with Crippen LogP contribution in [0.15, 0.2) is 53.6 Å². The van der Waals surface area contributed by atoms with Gasteiger partial charge in [-0.15, -0.1) is 0 Å². The van der Waals surface area contributed by atoms with E-state index in [0.29, 0.717) is 6.42 Å². The van der Waals surface area contributed by atoms with Crippen molar-refractivity contribution >= 4 is 17.5 Å². The fourth-order valence-electron chi connectivity index (χ4n) is 4.09. The van der Waals surface area contributed by atoms with Crippen LogP contribution in [0.4, 0.5) is 0 Å². The Morgan fingerprint density at radius 3 is 2.55 bits per heavy atom. The van der Waals surface area contributed by atoms with Crippen molar-refractivity contribution in [3.05, 3.63) is 65.2 Å². The van der Waals surface area contributed by atoms with Crippen LogP contribution in [0.3, 0.4) is 0 Å². The maximum atomic E-state index is 13.2. The predicted octanol–water partition coefficient (Wildman–Crippen LogP) is 3.94. The molecule has 1 aliphatic heterocycles. The molecule has 2 aromatic rings. The summed E-state index contributed by atoms with van der Waals surface area (Å²) in [6, 6.07) is 15.7. The molecule has 162 valence electrons. The van der Waals surface area contributed by atoms with Gasteiger partial charge in [-0.05, 0) is 37.5 Å². The molecule has 2 aromatic carbocycles. The molecular formula is C25H29N3O3. The summed E-state index contributed by atoms with van der Waals surface area (Å²) in [6.45, 7) is 2.08. The highest BCUT2D eigenvalue weighted by Crippen LogP contribution is 2.34. The number of benzene rings is 2. The van der Waals surface area contributed by atoms with Crippen molar-refractivity contribution in [3.8, 4) is 5.75 Å². The fraction of sp³-hybridized carbons (Fsp3) is 0.400. The minimum absolute atomic E-state index is 0.0343. The highest BCUT2D eigenvalue weighted by molar-refractivity contribution is 6.03. The number of methoxy groups -OCH3 is 1. The van der Waals surface area contributed by atoms with Gasteiger partial charge in [0.25, 0.3) is 5.91 Å². The SMILES string of the molecule is COc1cccc(C2=NN(C(=O)CN(C)C(=O)C3CCC3)[C@@H](c3ccc(C)cc3)C2)c1. The third-order valence-corrected chi connectivity index (χ3v) is 6.23. The third-order valence-electron chi connectivity index (χ3n) is 6.23. The van der Waals surface area contributed by atoms with Crippen LogP contribution < -0.4 is 4.74 Å². The molecule has 0 unspecified atom stereocenters. The Morgan fingerprint density at radius 1 is 1.16 bits per heavy atom. The van der Waals surface area contributed by atoms with Crippen LogP contribution in [-0.2, 0) is 9.59 Å². The van der Waals surface area contributed by atoms with Crippen LogP contribution >= 0.6 is 0 Å². The van der Waals surface area contributed by atoms with E-state index >= 15 is 0 Å². The lowest BCUT2D eigenvalue weighted by Gasteiger charge is -2.30. The van der Waals surface area contributed by atoms with Gasteiger partial charge in [-0.25, -0.2) is 5.01 Å². The zero-order valence-corrected chi connectivity index (χ0v) is 18.4. The Morgan fingerprint density at radius 2 is 1.90 bits per heavy atom. The van der Waals surface area contributed by atoms with Crippen molar-refractivity contribution in [2.45, 2.75) is 38.6 Å². The summed E-state index contributed by atoms with van der Waals surface area (Å²) in [6.07, 6.45) is 3.55. The van der Waals surface area contributed by atoms with Crippen molar-refractivity contribution in [1.29, 1.82) is 0 Å². The summed E-state index contributed by atoms with van der Waals surface area (Å²) in [5.74, 6) is 0.712. The van der Waals surface area contributed by atoms with Crippen LogP contribution in [0.5, 0.6) is 5.75 Å². The van der Waals surface area contributed by atoms with E-state index in [1.807, 2.05) is 55.5 Å². The number of aryl methyl sites for hydroxylation is 1. The molecule has 0 N–H and O–H groups in total. The zero-order chi connectivity index (χ0) is 22.0. The minimum Gasteiger partial charge on any atom is -0.497 e. The molecule has 0 bridgehead atoms. The molecule has 1 heterocycles. The molecule has 1 atom stereocenters. The average molecular weight is 420 g/mol. The number of carbonyl (C=O) groups is 2. The van der Waals surface area contributed by atoms with Gasteiger partial charge in [-0.1, -0.05) is 48.4 Å². The highest BCUT2D eigenvalue weighted by atomic mass is 16.5. The van der Waals surface area contributed by atoms with Gasteiger partial charge in [0.2, 0.25) is 5.91 Å². The zero-order valence-electron chi connectivity index (χ0n) is 18.4. The van der Waals surface area contributed by atoms with E-state index < -0.39 is 0 Å². The molecule has 0 spiro atoms. The van der Waals surface area contributed by atoms with E-state index in [4.69, 9.17) is 9.84 Å². The second kappa shape index (κ2) is 8.92. The molecule has 31 heavy (non-hydrogen) atoms. The lowest BCUT2D eigenvalue weighted by Crippen LogP contribution is -2.42. The van der Waals surface area contributed by atoms with Crippen LogP contribution in [-0.4, -0.2) is 48.1 Å². The minimum atomic E-state index is -0.193. The van der Waals surface area contributed by atoms with Crippen molar-refractivity contribution < 1.29 is 14.3 Å². The third kappa shape index (κ3) is 4.48. The number of carbonyl (C=O) groups excluding carboxylic acids is 2. The number of hydrogen-bond acceptors (Lipinski definition) is 4. The number of hydrogen-bond donors (Lipinski definition) is 0. The molecule has 0 radical (unpaired) electrons. The Balaban J connectivity index is 1.59. The standard InChI is InChI=1S/C25H29N3O3/c1-17-10-12-18(13-11-17)23-15-22(20-8-5-9-21(14-20)31-3)26-28(23)24(29)16-27(2)25(30)19-6-4-7-19/h5,8-14,19,23H,4,6-7,15-16H2,1-3H3/t23-/m1/s1. The molecule has 1 fully saturated rings. The maximum Gasteiger partial charge on any atom is 0.262 e. The number of rotatable bonds is 6. The lowest BCUT2D eigenvalue weighted by atomic mass is 9.84. The molecule has 0 aromatic heterocycles. The van der Waals surface area contributed by atoms with Crippen LogP contribution in [0, 0.1) is 12.8 Å². The molecule has 6 nitrogen and oxygen atoms in total. The first kappa shape index (κ1) is 21.1. The van der Waals surface area contributed by atoms with Crippen LogP contribution in [0.2, 0.25) is 0 Å². The van der Waals surface area contributed by atoms with E-state index in [-0.39, 0.29) is 30.3 Å². The molecule has 2 amide bonds. The topological polar surface area (TPSA) is 62.2 Å². The van der Waals surface area contributed by atoms with Crippen molar-refractivity contribution in [2.24, 2.45) is 11.0 Å². The fourth-order valence-corrected chi connectivity index (χ4v) is 4.09. The summed E-state index contributed by atoms with van der Waals surface area (Å²) >= 11 is 0. The smallest absolute Gasteiger partial charge is 0.262 e. The van der Waals surface area contributed by atoms with E-state index in [1.165, 1.54) is 5.56 Å². The Bertz CT molecular complexity index is 995. The van der Waals surface area contributed by atoms with Crippen LogP contribution in [0.25, 0.3) is 0 Å². The van der Waals surface area contributed by atoms with Gasteiger partial charge in [-0.2, -0.15) is 5.10 Å². The Labute approximate surface area is 183 Å². The van der Waals surface area contributed by atoms with Gasteiger partial charge >= 0.3 is 0 Å². The summed E-state index contributed by atoms with van der Waals surface area (Å²) in [4.78, 5) is 27.3. The summed E-state index contributed by atoms with van der Waals surface area (Å²) in [5, 5.41) is 6.27. The van der Waals surface area contributed by atoms with E-state index in [0.717, 1.165) is 41.9 Å². The Kier molecular flexibility index (Phi) is 6.07. The first-order chi connectivity index (χ1) is 15.0. The number of nitrogens with zero attached hydrogens (tertiary/aromatic N) is 3. The number of likely N-dealkylation sites (N-methyl/N-ethyl adjacent to an activating group) is 1. The second-order valence-electron chi connectivity index (χ2n) is 8.47. The molecule has 0 saturated heterocycles. The number of ether oxygens (including phenoxy) is 1. The van der Waals surface area contributed by atoms with Crippen molar-refractivity contribution in [3.63, 3.8) is 0 Å². The van der Waals surface area contributed by atoms with Crippen molar-refractivity contribution in [1.82, 2.24) is 9.91 Å². The second-order valence-corrected chi connectivity index (χ2v) is 8.47. The number of hydrazone groups is 1. The quantitative estimate of drug-likeness (QED) is 0.713.